The largest absolute Gasteiger partial charge is 0.490 e. The monoisotopic (exact) mass is 345 g/mol. The van der Waals surface area contributed by atoms with Gasteiger partial charge in [0, 0.05) is 13.2 Å². The van der Waals surface area contributed by atoms with Crippen molar-refractivity contribution in [3.63, 3.8) is 0 Å². The lowest BCUT2D eigenvalue weighted by molar-refractivity contribution is 0.0543. The standard InChI is InChI=1S/C15H24BrNO3/c1-3-13(17)10-12-4-5-15(14(16)11-12)20-9-8-19-7-6-18-2/h4-5,11,13H,3,6-10,17H2,1-2H3. The lowest BCUT2D eigenvalue weighted by atomic mass is 10.0. The molecule has 0 aromatic heterocycles. The van der Waals surface area contributed by atoms with Crippen molar-refractivity contribution in [1.29, 1.82) is 0 Å². The molecule has 2 N–H and O–H groups in total. The van der Waals surface area contributed by atoms with Crippen molar-refractivity contribution in [2.75, 3.05) is 33.5 Å². The van der Waals surface area contributed by atoms with Crippen LogP contribution in [-0.2, 0) is 15.9 Å². The van der Waals surface area contributed by atoms with E-state index >= 15 is 0 Å². The van der Waals surface area contributed by atoms with Gasteiger partial charge < -0.3 is 19.9 Å². The third-order valence-corrected chi connectivity index (χ3v) is 3.56. The Morgan fingerprint density at radius 2 is 1.95 bits per heavy atom. The zero-order valence-corrected chi connectivity index (χ0v) is 13.8. The Morgan fingerprint density at radius 1 is 1.20 bits per heavy atom. The van der Waals surface area contributed by atoms with Gasteiger partial charge in [-0.2, -0.15) is 0 Å². The molecule has 0 aliphatic carbocycles. The third-order valence-electron chi connectivity index (χ3n) is 2.94. The highest BCUT2D eigenvalue weighted by Gasteiger charge is 2.06. The van der Waals surface area contributed by atoms with E-state index < -0.39 is 0 Å². The van der Waals surface area contributed by atoms with Crippen LogP contribution in [0.15, 0.2) is 22.7 Å². The van der Waals surface area contributed by atoms with Gasteiger partial charge in [-0.3, -0.25) is 0 Å². The molecule has 0 spiro atoms. The van der Waals surface area contributed by atoms with E-state index in [0.29, 0.717) is 26.4 Å². The van der Waals surface area contributed by atoms with E-state index in [1.165, 1.54) is 5.56 Å². The topological polar surface area (TPSA) is 53.7 Å². The fourth-order valence-corrected chi connectivity index (χ4v) is 2.23. The zero-order chi connectivity index (χ0) is 14.8. The molecule has 4 nitrogen and oxygen atoms in total. The van der Waals surface area contributed by atoms with Crippen LogP contribution in [0.25, 0.3) is 0 Å². The van der Waals surface area contributed by atoms with Gasteiger partial charge in [0.25, 0.3) is 0 Å². The zero-order valence-electron chi connectivity index (χ0n) is 12.2. The molecule has 1 rings (SSSR count). The molecule has 114 valence electrons. The van der Waals surface area contributed by atoms with E-state index in [1.807, 2.05) is 6.07 Å². The first-order valence-corrected chi connectivity index (χ1v) is 7.70. The highest BCUT2D eigenvalue weighted by atomic mass is 79.9. The van der Waals surface area contributed by atoms with Gasteiger partial charge in [-0.05, 0) is 46.5 Å². The van der Waals surface area contributed by atoms with Crippen molar-refractivity contribution in [3.05, 3.63) is 28.2 Å². The highest BCUT2D eigenvalue weighted by Crippen LogP contribution is 2.26. The fraction of sp³-hybridized carbons (Fsp3) is 0.600. The Balaban J connectivity index is 2.36. The van der Waals surface area contributed by atoms with E-state index in [0.717, 1.165) is 23.1 Å². The molecule has 1 aromatic carbocycles. The summed E-state index contributed by atoms with van der Waals surface area (Å²) < 4.78 is 16.9. The quantitative estimate of drug-likeness (QED) is 0.662. The first-order valence-electron chi connectivity index (χ1n) is 6.90. The van der Waals surface area contributed by atoms with Crippen molar-refractivity contribution in [2.24, 2.45) is 5.73 Å². The van der Waals surface area contributed by atoms with Crippen molar-refractivity contribution in [2.45, 2.75) is 25.8 Å². The van der Waals surface area contributed by atoms with Gasteiger partial charge in [0.2, 0.25) is 0 Å². The Kier molecular flexibility index (Phi) is 8.85. The van der Waals surface area contributed by atoms with Crippen LogP contribution in [0.1, 0.15) is 18.9 Å². The molecule has 1 aromatic rings. The summed E-state index contributed by atoms with van der Waals surface area (Å²) in [6.07, 6.45) is 1.87. The van der Waals surface area contributed by atoms with Gasteiger partial charge in [-0.1, -0.05) is 13.0 Å². The summed E-state index contributed by atoms with van der Waals surface area (Å²) >= 11 is 3.53. The Bertz CT molecular complexity index is 387. The van der Waals surface area contributed by atoms with E-state index in [2.05, 4.69) is 35.0 Å². The molecule has 0 bridgehead atoms. The number of methoxy groups -OCH3 is 1. The highest BCUT2D eigenvalue weighted by molar-refractivity contribution is 9.10. The minimum atomic E-state index is 0.211. The van der Waals surface area contributed by atoms with Crippen molar-refractivity contribution in [3.8, 4) is 5.75 Å². The first-order chi connectivity index (χ1) is 9.67. The summed E-state index contributed by atoms with van der Waals surface area (Å²) in [5.74, 6) is 0.828. The number of nitrogens with two attached hydrogens (primary N) is 1. The summed E-state index contributed by atoms with van der Waals surface area (Å²) in [7, 11) is 1.66. The van der Waals surface area contributed by atoms with Gasteiger partial charge in [0.1, 0.15) is 12.4 Å². The normalized spacial score (nSPS) is 12.4. The second kappa shape index (κ2) is 10.2. The Hall–Kier alpha value is -0.620. The lowest BCUT2D eigenvalue weighted by Crippen LogP contribution is -2.21. The molecule has 0 fully saturated rings. The van der Waals surface area contributed by atoms with E-state index in [1.54, 1.807) is 7.11 Å². The summed E-state index contributed by atoms with van der Waals surface area (Å²) in [6, 6.07) is 6.30. The minimum Gasteiger partial charge on any atom is -0.490 e. The molecule has 0 aliphatic heterocycles. The molecule has 0 heterocycles. The number of hydrogen-bond donors (Lipinski definition) is 1. The summed E-state index contributed by atoms with van der Waals surface area (Å²) in [6.45, 7) is 4.38. The van der Waals surface area contributed by atoms with Crippen LogP contribution in [-0.4, -0.2) is 39.6 Å². The third kappa shape index (κ3) is 6.70. The number of halogens is 1. The van der Waals surface area contributed by atoms with Gasteiger partial charge in [-0.15, -0.1) is 0 Å². The predicted molar refractivity (Wildman–Crippen MR) is 84.3 cm³/mol. The number of ether oxygens (including phenoxy) is 3. The van der Waals surface area contributed by atoms with Crippen molar-refractivity contribution >= 4 is 15.9 Å². The molecule has 0 amide bonds. The van der Waals surface area contributed by atoms with Crippen LogP contribution in [0.4, 0.5) is 0 Å². The molecule has 20 heavy (non-hydrogen) atoms. The molecule has 1 unspecified atom stereocenters. The summed E-state index contributed by atoms with van der Waals surface area (Å²) in [5, 5.41) is 0. The van der Waals surface area contributed by atoms with Crippen molar-refractivity contribution in [1.82, 2.24) is 0 Å². The molecule has 5 heteroatoms. The number of benzene rings is 1. The SMILES string of the molecule is CCC(N)Cc1ccc(OCCOCCOC)c(Br)c1. The van der Waals surface area contributed by atoms with Gasteiger partial charge in [-0.25, -0.2) is 0 Å². The van der Waals surface area contributed by atoms with Gasteiger partial charge >= 0.3 is 0 Å². The maximum atomic E-state index is 5.96. The van der Waals surface area contributed by atoms with Crippen molar-refractivity contribution < 1.29 is 14.2 Å². The maximum absolute atomic E-state index is 5.96. The smallest absolute Gasteiger partial charge is 0.133 e. The van der Waals surface area contributed by atoms with Crippen LogP contribution in [0, 0.1) is 0 Å². The van der Waals surface area contributed by atoms with E-state index in [4.69, 9.17) is 19.9 Å². The molecule has 0 saturated heterocycles. The van der Waals surface area contributed by atoms with Gasteiger partial charge in [0.15, 0.2) is 0 Å². The Morgan fingerprint density at radius 3 is 2.60 bits per heavy atom. The minimum absolute atomic E-state index is 0.211. The molecule has 1 atom stereocenters. The van der Waals surface area contributed by atoms with Crippen LogP contribution in [0.2, 0.25) is 0 Å². The average Bonchev–Trinajstić information content (AvgIpc) is 2.44. The van der Waals surface area contributed by atoms with Crippen LogP contribution < -0.4 is 10.5 Å². The van der Waals surface area contributed by atoms with Crippen LogP contribution in [0.5, 0.6) is 5.75 Å². The second-order valence-corrected chi connectivity index (χ2v) is 5.45. The number of rotatable bonds is 10. The van der Waals surface area contributed by atoms with E-state index in [-0.39, 0.29) is 6.04 Å². The second-order valence-electron chi connectivity index (χ2n) is 4.59. The molecule has 0 aliphatic rings. The maximum Gasteiger partial charge on any atom is 0.133 e. The molecule has 0 saturated carbocycles. The van der Waals surface area contributed by atoms with Crippen LogP contribution in [0.3, 0.4) is 0 Å². The number of hydrogen-bond acceptors (Lipinski definition) is 4. The summed E-state index contributed by atoms with van der Waals surface area (Å²) in [5.41, 5.74) is 7.18. The molecule has 0 radical (unpaired) electrons. The average molecular weight is 346 g/mol. The fourth-order valence-electron chi connectivity index (χ4n) is 1.69. The van der Waals surface area contributed by atoms with Gasteiger partial charge in [0.05, 0.1) is 24.3 Å². The van der Waals surface area contributed by atoms with E-state index in [9.17, 15) is 0 Å². The van der Waals surface area contributed by atoms with Crippen LogP contribution >= 0.6 is 15.9 Å². The lowest BCUT2D eigenvalue weighted by Gasteiger charge is -2.12. The Labute approximate surface area is 129 Å². The molecular formula is C15H24BrNO3. The molecular weight excluding hydrogens is 322 g/mol. The summed E-state index contributed by atoms with van der Waals surface area (Å²) in [4.78, 5) is 0. The first kappa shape index (κ1) is 17.4. The predicted octanol–water partition coefficient (Wildman–Crippen LogP) is 2.77.